The molecule has 2 N–H and O–H groups in total. The third-order valence-corrected chi connectivity index (χ3v) is 13.7. The molecule has 2 aromatic carbocycles. The lowest BCUT2D eigenvalue weighted by Crippen LogP contribution is -2.55. The van der Waals surface area contributed by atoms with Gasteiger partial charge in [-0.05, 0) is 80.5 Å². The smallest absolute Gasteiger partial charge is 0.372 e. The van der Waals surface area contributed by atoms with Gasteiger partial charge in [-0.1, -0.05) is 6.07 Å². The maximum Gasteiger partial charge on any atom is 0.407 e. The van der Waals surface area contributed by atoms with Crippen molar-refractivity contribution >= 4 is 58.2 Å². The number of benzene rings is 2. The van der Waals surface area contributed by atoms with E-state index in [4.69, 9.17) is 6.57 Å². The van der Waals surface area contributed by atoms with Crippen LogP contribution in [0.15, 0.2) is 48.5 Å². The van der Waals surface area contributed by atoms with E-state index < -0.39 is 47.1 Å². The summed E-state index contributed by atoms with van der Waals surface area (Å²) in [7, 11) is 0. The van der Waals surface area contributed by atoms with Crippen LogP contribution in [0.4, 0.5) is 41.9 Å². The SMILES string of the molecule is [C-]#[N+]c1ccc(N2CCC(C(=O)Nc3ccc(N4CCC(CN5CCN(CC6CN(c7ccc8c(c7)C(=O)N(C7CCC(=O)NC7=O)C8=O)C6)CC5)CC4)nn3)CC2)cc1C(F)(F)F. The molecule has 6 aliphatic heterocycles. The number of imide groups is 2. The number of piperazine rings is 1. The number of piperidine rings is 3. The van der Waals surface area contributed by atoms with Gasteiger partial charge >= 0.3 is 6.18 Å². The molecule has 19 heteroatoms. The molecule has 16 nitrogen and oxygen atoms in total. The third kappa shape index (κ3) is 8.98. The first-order chi connectivity index (χ1) is 30.8. The second-order valence-corrected chi connectivity index (χ2v) is 17.8. The van der Waals surface area contributed by atoms with Crippen molar-refractivity contribution in [2.24, 2.45) is 17.8 Å². The van der Waals surface area contributed by atoms with Gasteiger partial charge in [0, 0.05) is 108 Å². The van der Waals surface area contributed by atoms with Crippen LogP contribution in [-0.4, -0.2) is 139 Å². The zero-order valence-corrected chi connectivity index (χ0v) is 35.4. The molecule has 5 fully saturated rings. The van der Waals surface area contributed by atoms with E-state index in [-0.39, 0.29) is 24.7 Å². The molecule has 1 atom stereocenters. The summed E-state index contributed by atoms with van der Waals surface area (Å²) < 4.78 is 40.5. The number of carbonyl (C=O) groups is 5. The number of hydrogen-bond donors (Lipinski definition) is 2. The first kappa shape index (κ1) is 43.1. The molecule has 5 amide bonds. The summed E-state index contributed by atoms with van der Waals surface area (Å²) in [5, 5.41) is 13.8. The summed E-state index contributed by atoms with van der Waals surface area (Å²) in [6.07, 6.45) is -1.35. The monoisotopic (exact) mass is 881 g/mol. The average Bonchev–Trinajstić information content (AvgIpc) is 3.53. The van der Waals surface area contributed by atoms with Crippen molar-refractivity contribution < 1.29 is 37.1 Å². The number of alkyl halides is 3. The Bertz CT molecular complexity index is 2340. The van der Waals surface area contributed by atoms with Crippen molar-refractivity contribution in [1.29, 1.82) is 0 Å². The van der Waals surface area contributed by atoms with Gasteiger partial charge in [0.1, 0.15) is 6.04 Å². The molecule has 9 rings (SSSR count). The Morgan fingerprint density at radius 3 is 2.02 bits per heavy atom. The van der Waals surface area contributed by atoms with Gasteiger partial charge in [0.15, 0.2) is 17.3 Å². The number of halogens is 3. The molecule has 0 radical (unpaired) electrons. The summed E-state index contributed by atoms with van der Waals surface area (Å²) in [5.74, 6) is -0.261. The molecule has 64 heavy (non-hydrogen) atoms. The summed E-state index contributed by atoms with van der Waals surface area (Å²) in [4.78, 5) is 78.9. The zero-order chi connectivity index (χ0) is 44.7. The van der Waals surface area contributed by atoms with Crippen LogP contribution in [0.3, 0.4) is 0 Å². The lowest BCUT2D eigenvalue weighted by molar-refractivity contribution is -0.137. The number of anilines is 4. The van der Waals surface area contributed by atoms with Gasteiger partial charge in [-0.2, -0.15) is 13.2 Å². The molecule has 0 saturated carbocycles. The Morgan fingerprint density at radius 1 is 0.734 bits per heavy atom. The Balaban J connectivity index is 0.663. The number of aromatic nitrogens is 2. The van der Waals surface area contributed by atoms with Crippen LogP contribution in [0.2, 0.25) is 0 Å². The summed E-state index contributed by atoms with van der Waals surface area (Å²) >= 11 is 0. The standard InChI is InChI=1S/C45H50F3N11O5/c1-49-36-5-3-32(23-35(36)45(46,47)48)56-16-12-30(13-17-56)41(61)50-38-7-8-39(53-52-38)57-14-10-28(11-15-57)24-54-18-20-55(21-19-54)25-29-26-58(27-29)31-2-4-33-34(22-31)44(64)59(43(33)63)37-6-9-40(60)51-42(37)62/h2-5,7-8,22-23,28-30,37H,6,9-21,24-27H2,(H,50,52,61)(H,51,60,62). The second-order valence-electron chi connectivity index (χ2n) is 17.8. The Labute approximate surface area is 368 Å². The highest BCUT2D eigenvalue weighted by molar-refractivity contribution is 6.23. The summed E-state index contributed by atoms with van der Waals surface area (Å²) in [5.41, 5.74) is 0.494. The van der Waals surface area contributed by atoms with Crippen molar-refractivity contribution in [3.05, 3.63) is 76.6 Å². The second kappa shape index (κ2) is 17.8. The van der Waals surface area contributed by atoms with Gasteiger partial charge in [-0.3, -0.25) is 34.2 Å². The van der Waals surface area contributed by atoms with E-state index >= 15 is 0 Å². The first-order valence-corrected chi connectivity index (χ1v) is 22.1. The highest BCUT2D eigenvalue weighted by atomic mass is 19.4. The molecule has 5 saturated heterocycles. The third-order valence-electron chi connectivity index (χ3n) is 13.7. The molecular weight excluding hydrogens is 832 g/mol. The fourth-order valence-electron chi connectivity index (χ4n) is 10.0. The minimum absolute atomic E-state index is 0.0864. The van der Waals surface area contributed by atoms with Crippen LogP contribution in [-0.2, 0) is 20.6 Å². The molecule has 0 aliphatic carbocycles. The van der Waals surface area contributed by atoms with Crippen molar-refractivity contribution in [3.8, 4) is 0 Å². The number of nitrogens with zero attached hydrogens (tertiary/aromatic N) is 9. The van der Waals surface area contributed by atoms with Gasteiger partial charge in [0.2, 0.25) is 17.7 Å². The molecule has 1 unspecified atom stereocenters. The minimum Gasteiger partial charge on any atom is -0.372 e. The van der Waals surface area contributed by atoms with Crippen molar-refractivity contribution in [2.45, 2.75) is 50.7 Å². The highest BCUT2D eigenvalue weighted by Gasteiger charge is 2.45. The average molecular weight is 882 g/mol. The Kier molecular flexibility index (Phi) is 12.0. The predicted octanol–water partition coefficient (Wildman–Crippen LogP) is 4.27. The van der Waals surface area contributed by atoms with Gasteiger partial charge in [-0.25, -0.2) is 4.85 Å². The molecule has 6 aliphatic rings. The van der Waals surface area contributed by atoms with Crippen LogP contribution in [0.5, 0.6) is 0 Å². The summed E-state index contributed by atoms with van der Waals surface area (Å²) in [6, 6.07) is 11.7. The van der Waals surface area contributed by atoms with Gasteiger partial charge < -0.3 is 29.8 Å². The molecule has 0 bridgehead atoms. The first-order valence-electron chi connectivity index (χ1n) is 22.1. The minimum atomic E-state index is -4.62. The van der Waals surface area contributed by atoms with E-state index in [1.165, 1.54) is 12.1 Å². The molecular formula is C45H50F3N11O5. The zero-order valence-electron chi connectivity index (χ0n) is 35.4. The van der Waals surface area contributed by atoms with Crippen LogP contribution < -0.4 is 25.3 Å². The molecule has 3 aromatic rings. The number of carbonyl (C=O) groups excluding carboxylic acids is 5. The van der Waals surface area contributed by atoms with Crippen LogP contribution in [0.25, 0.3) is 4.85 Å². The van der Waals surface area contributed by atoms with Crippen molar-refractivity contribution in [2.75, 3.05) is 98.6 Å². The normalized spacial score (nSPS) is 22.1. The molecule has 336 valence electrons. The topological polar surface area (TPSA) is 159 Å². The van der Waals surface area contributed by atoms with Crippen molar-refractivity contribution in [3.63, 3.8) is 0 Å². The van der Waals surface area contributed by atoms with Crippen LogP contribution in [0, 0.1) is 24.3 Å². The maximum absolute atomic E-state index is 13.5. The van der Waals surface area contributed by atoms with Crippen LogP contribution in [0.1, 0.15) is 64.8 Å². The van der Waals surface area contributed by atoms with E-state index in [0.29, 0.717) is 60.4 Å². The lowest BCUT2D eigenvalue weighted by atomic mass is 9.95. The fourth-order valence-corrected chi connectivity index (χ4v) is 10.0. The Morgan fingerprint density at radius 2 is 1.38 bits per heavy atom. The Hall–Kier alpha value is -6.13. The lowest BCUT2D eigenvalue weighted by Gasteiger charge is -2.45. The van der Waals surface area contributed by atoms with E-state index in [0.717, 1.165) is 101 Å². The van der Waals surface area contributed by atoms with E-state index in [2.05, 4.69) is 45.3 Å². The maximum atomic E-state index is 13.5. The van der Waals surface area contributed by atoms with Crippen LogP contribution >= 0.6 is 0 Å². The summed E-state index contributed by atoms with van der Waals surface area (Å²) in [6.45, 7) is 17.5. The fraction of sp³-hybridized carbons (Fsp3) is 0.511. The number of rotatable bonds is 10. The predicted molar refractivity (Wildman–Crippen MR) is 230 cm³/mol. The largest absolute Gasteiger partial charge is 0.407 e. The number of fused-ring (bicyclic) bond motifs is 1. The van der Waals surface area contributed by atoms with Crippen molar-refractivity contribution in [1.82, 2.24) is 30.2 Å². The van der Waals surface area contributed by atoms with E-state index in [1.54, 1.807) is 18.2 Å². The number of hydrogen-bond acceptors (Lipinski definition) is 12. The molecule has 7 heterocycles. The van der Waals surface area contributed by atoms with E-state index in [1.807, 2.05) is 17.0 Å². The molecule has 1 aromatic heterocycles. The van der Waals surface area contributed by atoms with Gasteiger partial charge in [-0.15, -0.1) is 10.2 Å². The highest BCUT2D eigenvalue weighted by Crippen LogP contribution is 2.40. The number of amides is 5. The van der Waals surface area contributed by atoms with Gasteiger partial charge in [0.25, 0.3) is 11.8 Å². The van der Waals surface area contributed by atoms with Gasteiger partial charge in [0.05, 0.1) is 23.3 Å². The molecule has 0 spiro atoms. The quantitative estimate of drug-likeness (QED) is 0.221. The number of nitrogens with one attached hydrogen (secondary N) is 2. The van der Waals surface area contributed by atoms with E-state index in [9.17, 15) is 37.1 Å².